The molecule has 2 rings (SSSR count). The molecule has 31 heavy (non-hydrogen) atoms. The summed E-state index contributed by atoms with van der Waals surface area (Å²) in [6, 6.07) is 12.7. The minimum atomic E-state index is -3.64. The summed E-state index contributed by atoms with van der Waals surface area (Å²) < 4.78 is 32.1. The van der Waals surface area contributed by atoms with Gasteiger partial charge in [-0.15, -0.1) is 0 Å². The molecule has 0 aliphatic carbocycles. The van der Waals surface area contributed by atoms with Gasteiger partial charge in [0, 0.05) is 6.54 Å². The van der Waals surface area contributed by atoms with Crippen LogP contribution >= 0.6 is 0 Å². The summed E-state index contributed by atoms with van der Waals surface area (Å²) in [5.74, 6) is 0.575. The van der Waals surface area contributed by atoms with Crippen LogP contribution in [0.3, 0.4) is 0 Å². The Morgan fingerprint density at radius 1 is 1.10 bits per heavy atom. The van der Waals surface area contributed by atoms with Crippen LogP contribution in [-0.2, 0) is 21.2 Å². The highest BCUT2D eigenvalue weighted by atomic mass is 32.2. The fourth-order valence-electron chi connectivity index (χ4n) is 3.75. The molecule has 0 bridgehead atoms. The monoisotopic (exact) mass is 446 g/mol. The maximum Gasteiger partial charge on any atom is 0.243 e. The highest BCUT2D eigenvalue weighted by molar-refractivity contribution is 7.92. The van der Waals surface area contributed by atoms with Crippen LogP contribution in [0.4, 0.5) is 5.69 Å². The highest BCUT2D eigenvalue weighted by Gasteiger charge is 2.31. The van der Waals surface area contributed by atoms with Gasteiger partial charge < -0.3 is 10.1 Å². The smallest absolute Gasteiger partial charge is 0.243 e. The molecule has 2 aromatic carbocycles. The Morgan fingerprint density at radius 2 is 1.74 bits per heavy atom. The second kappa shape index (κ2) is 11.2. The first kappa shape index (κ1) is 24.7. The summed E-state index contributed by atoms with van der Waals surface area (Å²) in [5.41, 5.74) is 3.52. The number of nitrogens with one attached hydrogen (secondary N) is 1. The van der Waals surface area contributed by atoms with Crippen LogP contribution in [-0.4, -0.2) is 39.8 Å². The van der Waals surface area contributed by atoms with E-state index < -0.39 is 16.1 Å². The van der Waals surface area contributed by atoms with E-state index in [1.165, 1.54) is 4.31 Å². The van der Waals surface area contributed by atoms with Crippen LogP contribution in [0.1, 0.15) is 43.4 Å². The minimum absolute atomic E-state index is 0.287. The molecule has 0 heterocycles. The molecule has 0 aliphatic rings. The molecule has 0 fully saturated rings. The molecular weight excluding hydrogens is 412 g/mol. The lowest BCUT2D eigenvalue weighted by atomic mass is 10.1. The Kier molecular flexibility index (Phi) is 8.92. The van der Waals surface area contributed by atoms with Crippen LogP contribution in [0.15, 0.2) is 42.5 Å². The molecular formula is C24H34N2O4S. The number of amides is 1. The average molecular weight is 447 g/mol. The predicted octanol–water partition coefficient (Wildman–Crippen LogP) is 4.00. The number of rotatable bonds is 11. The number of ether oxygens (including phenoxy) is 1. The topological polar surface area (TPSA) is 75.7 Å². The molecule has 0 aromatic heterocycles. The van der Waals surface area contributed by atoms with Crippen molar-refractivity contribution in [2.24, 2.45) is 0 Å². The standard InChI is InChI=1S/C24H34N2O4S/c1-6-22(26(31(5,28)29)21-16-18(3)15-19(4)17-21)24(27)25-14-10-12-20-11-8-9-13-23(20)30-7-2/h8-9,11,13,15-17,22H,6-7,10,12,14H2,1-5H3,(H,25,27)/t22-/m0/s1. The minimum Gasteiger partial charge on any atom is -0.494 e. The number of anilines is 1. The molecule has 2 aromatic rings. The zero-order valence-corrected chi connectivity index (χ0v) is 20.0. The summed E-state index contributed by atoms with van der Waals surface area (Å²) in [6.45, 7) is 8.66. The normalized spacial score (nSPS) is 12.3. The summed E-state index contributed by atoms with van der Waals surface area (Å²) in [4.78, 5) is 12.9. The van der Waals surface area contributed by atoms with Gasteiger partial charge in [-0.25, -0.2) is 8.42 Å². The molecule has 0 saturated heterocycles. The van der Waals surface area contributed by atoms with Gasteiger partial charge in [0.2, 0.25) is 15.9 Å². The van der Waals surface area contributed by atoms with Gasteiger partial charge in [-0.2, -0.15) is 0 Å². The first-order valence-electron chi connectivity index (χ1n) is 10.7. The second-order valence-electron chi connectivity index (χ2n) is 7.76. The third-order valence-corrected chi connectivity index (χ3v) is 6.17. The van der Waals surface area contributed by atoms with Gasteiger partial charge in [0.1, 0.15) is 11.8 Å². The zero-order chi connectivity index (χ0) is 23.0. The molecule has 0 unspecified atom stereocenters. The van der Waals surface area contributed by atoms with Crippen LogP contribution in [0.25, 0.3) is 0 Å². The third-order valence-electron chi connectivity index (χ3n) is 4.99. The highest BCUT2D eigenvalue weighted by Crippen LogP contribution is 2.25. The number of nitrogens with zero attached hydrogens (tertiary/aromatic N) is 1. The molecule has 6 nitrogen and oxygen atoms in total. The number of benzene rings is 2. The van der Waals surface area contributed by atoms with Crippen molar-refractivity contribution in [1.29, 1.82) is 0 Å². The number of sulfonamides is 1. The Hall–Kier alpha value is -2.54. The fourth-order valence-corrected chi connectivity index (χ4v) is 4.95. The summed E-state index contributed by atoms with van der Waals surface area (Å²) in [5, 5.41) is 2.92. The van der Waals surface area contributed by atoms with E-state index in [0.717, 1.165) is 41.5 Å². The van der Waals surface area contributed by atoms with Crippen molar-refractivity contribution < 1.29 is 17.9 Å². The number of carbonyl (C=O) groups is 1. The number of para-hydroxylation sites is 1. The van der Waals surface area contributed by atoms with Crippen LogP contribution in [0.2, 0.25) is 0 Å². The summed E-state index contributed by atoms with van der Waals surface area (Å²) >= 11 is 0. The van der Waals surface area contributed by atoms with Gasteiger partial charge in [-0.05, 0) is 74.9 Å². The van der Waals surface area contributed by atoms with Crippen molar-refractivity contribution in [1.82, 2.24) is 5.32 Å². The second-order valence-corrected chi connectivity index (χ2v) is 9.62. The van der Waals surface area contributed by atoms with Crippen molar-refractivity contribution in [3.05, 3.63) is 59.2 Å². The molecule has 0 saturated carbocycles. The van der Waals surface area contributed by atoms with Crippen molar-refractivity contribution in [3.63, 3.8) is 0 Å². The van der Waals surface area contributed by atoms with E-state index in [9.17, 15) is 13.2 Å². The van der Waals surface area contributed by atoms with Crippen LogP contribution in [0.5, 0.6) is 5.75 Å². The van der Waals surface area contributed by atoms with Crippen molar-refractivity contribution in [2.45, 2.75) is 53.0 Å². The lowest BCUT2D eigenvalue weighted by Gasteiger charge is -2.30. The Bertz CT molecular complexity index is 969. The van der Waals surface area contributed by atoms with Gasteiger partial charge in [-0.3, -0.25) is 9.10 Å². The lowest BCUT2D eigenvalue weighted by molar-refractivity contribution is -0.122. The number of aryl methyl sites for hydroxylation is 3. The molecule has 0 spiro atoms. The quantitative estimate of drug-likeness (QED) is 0.530. The van der Waals surface area contributed by atoms with Crippen molar-refractivity contribution >= 4 is 21.6 Å². The Balaban J connectivity index is 2.09. The maximum atomic E-state index is 12.9. The largest absolute Gasteiger partial charge is 0.494 e. The molecule has 7 heteroatoms. The molecule has 0 aliphatic heterocycles. The number of hydrogen-bond acceptors (Lipinski definition) is 4. The molecule has 1 N–H and O–H groups in total. The maximum absolute atomic E-state index is 12.9. The van der Waals surface area contributed by atoms with Gasteiger partial charge in [0.15, 0.2) is 0 Å². The third kappa shape index (κ3) is 6.99. The number of carbonyl (C=O) groups excluding carboxylic acids is 1. The molecule has 1 amide bonds. The van der Waals surface area contributed by atoms with E-state index in [2.05, 4.69) is 5.32 Å². The molecule has 0 radical (unpaired) electrons. The van der Waals surface area contributed by atoms with Gasteiger partial charge in [-0.1, -0.05) is 31.2 Å². The van der Waals surface area contributed by atoms with Crippen molar-refractivity contribution in [2.75, 3.05) is 23.7 Å². The molecule has 1 atom stereocenters. The first-order chi connectivity index (χ1) is 14.7. The summed E-state index contributed by atoms with van der Waals surface area (Å²) in [7, 11) is -3.64. The van der Waals surface area contributed by atoms with Crippen molar-refractivity contribution in [3.8, 4) is 5.75 Å². The summed E-state index contributed by atoms with van der Waals surface area (Å²) in [6.07, 6.45) is 3.01. The van der Waals surface area contributed by atoms with Crippen LogP contribution in [0, 0.1) is 13.8 Å². The van der Waals surface area contributed by atoms with E-state index in [0.29, 0.717) is 25.3 Å². The van der Waals surface area contributed by atoms with E-state index in [-0.39, 0.29) is 5.91 Å². The SMILES string of the molecule is CCOc1ccccc1CCCNC(=O)[C@H](CC)N(c1cc(C)cc(C)c1)S(C)(=O)=O. The zero-order valence-electron chi connectivity index (χ0n) is 19.1. The fraction of sp³-hybridized carbons (Fsp3) is 0.458. The average Bonchev–Trinajstić information content (AvgIpc) is 2.68. The van der Waals surface area contributed by atoms with E-state index in [1.54, 1.807) is 12.1 Å². The van der Waals surface area contributed by atoms with Crippen LogP contribution < -0.4 is 14.4 Å². The number of hydrogen-bond donors (Lipinski definition) is 1. The van der Waals surface area contributed by atoms with E-state index in [1.807, 2.05) is 58.0 Å². The van der Waals surface area contributed by atoms with E-state index >= 15 is 0 Å². The lowest BCUT2D eigenvalue weighted by Crippen LogP contribution is -2.49. The van der Waals surface area contributed by atoms with E-state index in [4.69, 9.17) is 4.74 Å². The Labute approximate surface area is 186 Å². The molecule has 170 valence electrons. The first-order valence-corrected chi connectivity index (χ1v) is 12.6. The predicted molar refractivity (Wildman–Crippen MR) is 126 cm³/mol. The van der Waals surface area contributed by atoms with Gasteiger partial charge >= 0.3 is 0 Å². The van der Waals surface area contributed by atoms with Gasteiger partial charge in [0.05, 0.1) is 18.6 Å². The van der Waals surface area contributed by atoms with Gasteiger partial charge in [0.25, 0.3) is 0 Å². The Morgan fingerprint density at radius 3 is 2.32 bits per heavy atom.